The second-order valence-corrected chi connectivity index (χ2v) is 8.19. The third kappa shape index (κ3) is 3.89. The summed E-state index contributed by atoms with van der Waals surface area (Å²) in [7, 11) is 1.57. The first-order chi connectivity index (χ1) is 15.1. The summed E-state index contributed by atoms with van der Waals surface area (Å²) in [6, 6.07) is 12.0. The normalized spacial score (nSPS) is 24.0. The molecule has 31 heavy (non-hydrogen) atoms. The van der Waals surface area contributed by atoms with Gasteiger partial charge in [0.1, 0.15) is 5.92 Å². The number of methoxy groups -OCH3 is 1. The molecule has 1 aromatic carbocycles. The predicted molar refractivity (Wildman–Crippen MR) is 117 cm³/mol. The highest BCUT2D eigenvalue weighted by atomic mass is 16.5. The van der Waals surface area contributed by atoms with Gasteiger partial charge < -0.3 is 14.9 Å². The number of benzene rings is 1. The Bertz CT molecular complexity index is 978. The second kappa shape index (κ2) is 9.67. The van der Waals surface area contributed by atoms with Gasteiger partial charge in [-0.2, -0.15) is 15.8 Å². The molecule has 0 saturated heterocycles. The van der Waals surface area contributed by atoms with Crippen LogP contribution in [0.3, 0.4) is 0 Å². The fourth-order valence-corrected chi connectivity index (χ4v) is 4.92. The Balaban J connectivity index is 2.06. The Morgan fingerprint density at radius 1 is 1.16 bits per heavy atom. The largest absolute Gasteiger partial charge is 0.493 e. The number of nitrogens with one attached hydrogen (secondary N) is 1. The van der Waals surface area contributed by atoms with Crippen molar-refractivity contribution >= 4 is 5.71 Å². The highest BCUT2D eigenvalue weighted by molar-refractivity contribution is 6.00. The van der Waals surface area contributed by atoms with E-state index in [2.05, 4.69) is 25.1 Å². The zero-order valence-corrected chi connectivity index (χ0v) is 18.1. The van der Waals surface area contributed by atoms with Gasteiger partial charge in [-0.1, -0.05) is 31.9 Å². The lowest BCUT2D eigenvalue weighted by Gasteiger charge is -2.45. The quantitative estimate of drug-likeness (QED) is 0.480. The Labute approximate surface area is 184 Å². The van der Waals surface area contributed by atoms with Gasteiger partial charge in [0, 0.05) is 5.92 Å². The summed E-state index contributed by atoms with van der Waals surface area (Å²) in [6.07, 6.45) is 7.75. The van der Waals surface area contributed by atoms with Crippen LogP contribution in [0.2, 0.25) is 0 Å². The summed E-state index contributed by atoms with van der Waals surface area (Å²) in [5.41, 5.74) is -0.161. The number of hydrogen-bond donors (Lipinski definition) is 1. The number of nitrogens with zero attached hydrogens (tertiary/aromatic N) is 3. The molecular formula is C25H28N4O2. The molecule has 0 bridgehead atoms. The van der Waals surface area contributed by atoms with Gasteiger partial charge in [0.15, 0.2) is 16.9 Å². The molecule has 0 amide bonds. The number of hydrogen-bond acceptors (Lipinski definition) is 6. The first-order valence-corrected chi connectivity index (χ1v) is 10.9. The maximum atomic E-state index is 10.1. The van der Waals surface area contributed by atoms with Crippen LogP contribution >= 0.6 is 0 Å². The minimum atomic E-state index is -1.69. The average molecular weight is 417 g/mol. The van der Waals surface area contributed by atoms with Crippen molar-refractivity contribution < 1.29 is 9.47 Å². The number of allylic oxidation sites excluding steroid dienone is 2. The standard InChI is InChI=1S/C25H28N4O2/c1-3-4-7-12-31-21-11-10-17(13-22(21)30-2)23-19-9-6-5-8-18(19)20(14-26)24(29)25(23,15-27)16-28/h8,10-11,13,19-20,23,29H,3-7,9,12H2,1-2H3/t19-,20-,23+/m0/s1. The molecule has 1 aromatic rings. The van der Waals surface area contributed by atoms with Gasteiger partial charge in [-0.25, -0.2) is 0 Å². The highest BCUT2D eigenvalue weighted by Crippen LogP contribution is 2.55. The lowest BCUT2D eigenvalue weighted by atomic mass is 9.53. The maximum Gasteiger partial charge on any atom is 0.189 e. The van der Waals surface area contributed by atoms with Crippen LogP contribution in [0.1, 0.15) is 56.9 Å². The first kappa shape index (κ1) is 22.4. The van der Waals surface area contributed by atoms with E-state index >= 15 is 0 Å². The topological polar surface area (TPSA) is 114 Å². The molecule has 3 rings (SSSR count). The van der Waals surface area contributed by atoms with Crippen molar-refractivity contribution in [2.75, 3.05) is 13.7 Å². The van der Waals surface area contributed by atoms with E-state index in [1.165, 1.54) is 0 Å². The third-order valence-electron chi connectivity index (χ3n) is 6.48. The van der Waals surface area contributed by atoms with E-state index < -0.39 is 17.3 Å². The van der Waals surface area contributed by atoms with E-state index in [0.29, 0.717) is 18.1 Å². The van der Waals surface area contributed by atoms with Gasteiger partial charge in [0.05, 0.1) is 37.6 Å². The molecule has 0 spiro atoms. The van der Waals surface area contributed by atoms with Gasteiger partial charge in [-0.3, -0.25) is 0 Å². The van der Waals surface area contributed by atoms with E-state index in [1.807, 2.05) is 24.3 Å². The van der Waals surface area contributed by atoms with Crippen molar-refractivity contribution in [3.8, 4) is 29.7 Å². The molecular weight excluding hydrogens is 388 g/mol. The summed E-state index contributed by atoms with van der Waals surface area (Å²) in [5, 5.41) is 38.6. The zero-order valence-electron chi connectivity index (χ0n) is 18.1. The molecule has 1 saturated carbocycles. The van der Waals surface area contributed by atoms with Crippen LogP contribution in [0, 0.1) is 56.7 Å². The van der Waals surface area contributed by atoms with Crippen molar-refractivity contribution in [2.45, 2.75) is 51.4 Å². The Morgan fingerprint density at radius 3 is 2.58 bits per heavy atom. The predicted octanol–water partition coefficient (Wildman–Crippen LogP) is 5.28. The lowest BCUT2D eigenvalue weighted by molar-refractivity contribution is 0.284. The monoisotopic (exact) mass is 416 g/mol. The van der Waals surface area contributed by atoms with E-state index in [-0.39, 0.29) is 11.6 Å². The molecule has 0 unspecified atom stereocenters. The molecule has 3 atom stereocenters. The van der Waals surface area contributed by atoms with Crippen molar-refractivity contribution in [1.29, 1.82) is 21.2 Å². The molecule has 0 aliphatic heterocycles. The second-order valence-electron chi connectivity index (χ2n) is 8.19. The van der Waals surface area contributed by atoms with Crippen LogP contribution in [0.4, 0.5) is 0 Å². The Kier molecular flexibility index (Phi) is 6.98. The van der Waals surface area contributed by atoms with Crippen LogP contribution in [0.5, 0.6) is 11.5 Å². The molecule has 0 aromatic heterocycles. The van der Waals surface area contributed by atoms with Gasteiger partial charge >= 0.3 is 0 Å². The number of unbranched alkanes of at least 4 members (excludes halogenated alkanes) is 2. The third-order valence-corrected chi connectivity index (χ3v) is 6.48. The van der Waals surface area contributed by atoms with Gasteiger partial charge in [0.25, 0.3) is 0 Å². The molecule has 0 radical (unpaired) electrons. The van der Waals surface area contributed by atoms with Crippen LogP contribution in [0.15, 0.2) is 29.8 Å². The number of nitriles is 3. The number of rotatable bonds is 7. The van der Waals surface area contributed by atoms with Crippen molar-refractivity contribution in [1.82, 2.24) is 0 Å². The minimum Gasteiger partial charge on any atom is -0.493 e. The van der Waals surface area contributed by atoms with Crippen LogP contribution in [-0.2, 0) is 0 Å². The Morgan fingerprint density at radius 2 is 1.94 bits per heavy atom. The van der Waals surface area contributed by atoms with E-state index in [4.69, 9.17) is 14.9 Å². The van der Waals surface area contributed by atoms with Crippen LogP contribution in [0.25, 0.3) is 0 Å². The fourth-order valence-electron chi connectivity index (χ4n) is 4.92. The smallest absolute Gasteiger partial charge is 0.189 e. The molecule has 1 N–H and O–H groups in total. The molecule has 160 valence electrons. The summed E-state index contributed by atoms with van der Waals surface area (Å²) in [6.45, 7) is 2.73. The fraction of sp³-hybridized carbons (Fsp3) is 0.520. The van der Waals surface area contributed by atoms with E-state index in [0.717, 1.165) is 49.7 Å². The van der Waals surface area contributed by atoms with Gasteiger partial charge in [-0.15, -0.1) is 0 Å². The van der Waals surface area contributed by atoms with Crippen LogP contribution < -0.4 is 9.47 Å². The van der Waals surface area contributed by atoms with Gasteiger partial charge in [-0.05, 0) is 54.9 Å². The molecule has 6 heteroatoms. The highest BCUT2D eigenvalue weighted by Gasteiger charge is 2.57. The molecule has 0 heterocycles. The summed E-state index contributed by atoms with van der Waals surface area (Å²) >= 11 is 0. The van der Waals surface area contributed by atoms with Crippen LogP contribution in [-0.4, -0.2) is 19.4 Å². The van der Waals surface area contributed by atoms with E-state index in [9.17, 15) is 15.8 Å². The summed E-state index contributed by atoms with van der Waals surface area (Å²) in [5.74, 6) is -0.304. The molecule has 2 aliphatic carbocycles. The van der Waals surface area contributed by atoms with Gasteiger partial charge in [0.2, 0.25) is 0 Å². The summed E-state index contributed by atoms with van der Waals surface area (Å²) < 4.78 is 11.5. The van der Waals surface area contributed by atoms with Crippen molar-refractivity contribution in [2.24, 2.45) is 17.3 Å². The zero-order chi connectivity index (χ0) is 22.4. The number of fused-ring (bicyclic) bond motifs is 1. The molecule has 6 nitrogen and oxygen atoms in total. The maximum absolute atomic E-state index is 10.1. The SMILES string of the molecule is CCCCCOc1ccc([C@@H]2[C@H]3CCCC=C3[C@H](C#N)C(=N)C2(C#N)C#N)cc1OC. The molecule has 1 fully saturated rings. The molecule has 2 aliphatic rings. The van der Waals surface area contributed by atoms with Crippen molar-refractivity contribution in [3.05, 3.63) is 35.4 Å². The summed E-state index contributed by atoms with van der Waals surface area (Å²) in [4.78, 5) is 0. The average Bonchev–Trinajstić information content (AvgIpc) is 2.81. The first-order valence-electron chi connectivity index (χ1n) is 10.9. The minimum absolute atomic E-state index is 0.117. The van der Waals surface area contributed by atoms with Crippen molar-refractivity contribution in [3.63, 3.8) is 0 Å². The number of ether oxygens (including phenoxy) is 2. The Hall–Kier alpha value is -3.30. The van der Waals surface area contributed by atoms with E-state index in [1.54, 1.807) is 7.11 Å². The lowest BCUT2D eigenvalue weighted by Crippen LogP contribution is -2.48.